The van der Waals surface area contributed by atoms with Crippen LogP contribution in [0.15, 0.2) is 48.8 Å². The molecule has 0 bridgehead atoms. The van der Waals surface area contributed by atoms with E-state index in [1.54, 1.807) is 30.6 Å². The number of carbonyl (C=O) groups is 1. The number of nitrogen functional groups attached to an aromatic ring is 2. The number of hydrogen-bond donors (Lipinski definition) is 5. The molecule has 7 N–H and O–H groups in total. The van der Waals surface area contributed by atoms with Crippen molar-refractivity contribution < 1.29 is 24.5 Å². The number of aryl methyl sites for hydroxylation is 2. The topological polar surface area (TPSA) is 250 Å². The molecule has 0 radical (unpaired) electrons. The molecule has 6 aromatic rings. The molecule has 0 aliphatic carbocycles. The summed E-state index contributed by atoms with van der Waals surface area (Å²) in [5.41, 5.74) is 18.8. The van der Waals surface area contributed by atoms with Gasteiger partial charge in [0, 0.05) is 49.4 Å². The standard InChI is InChI=1S/C19H21N7O3.C18H20N6O2/c20-19-24-16-15(17(25-19)26-5-8-29-9-6-26)23-14(11-22-16)12-2-1-3-13(10-12)18(28)21-4-7-27;1-10-7-12(8-11(2)15(10)25)13-9-20-16-14(21-13)17(23-18(19)22-16)24-3-5-26-6-4-24/h1-3,10-11,27H,4-9H2,(H,21,28)(H2,20,22,24,25);7-9,25H,3-6H2,1-2H3,(H2,19,20,22,23). The van der Waals surface area contributed by atoms with E-state index in [2.05, 4.69) is 45.0 Å². The Morgan fingerprint density at radius 2 is 1.25 bits per heavy atom. The van der Waals surface area contributed by atoms with Crippen LogP contribution in [0.5, 0.6) is 5.75 Å². The first-order valence-electron chi connectivity index (χ1n) is 17.7. The summed E-state index contributed by atoms with van der Waals surface area (Å²) in [6, 6.07) is 10.8. The number of aliphatic hydroxyl groups excluding tert-OH is 1. The van der Waals surface area contributed by atoms with Gasteiger partial charge in [-0.15, -0.1) is 0 Å². The summed E-state index contributed by atoms with van der Waals surface area (Å²) >= 11 is 0. The van der Waals surface area contributed by atoms with Gasteiger partial charge >= 0.3 is 0 Å². The number of amides is 1. The predicted octanol–water partition coefficient (Wildman–Crippen LogP) is 2.06. The van der Waals surface area contributed by atoms with Crippen molar-refractivity contribution in [1.82, 2.24) is 45.2 Å². The van der Waals surface area contributed by atoms with Crippen LogP contribution in [0, 0.1) is 13.8 Å². The number of hydrogen-bond acceptors (Lipinski definition) is 17. The second-order valence-corrected chi connectivity index (χ2v) is 12.9. The zero-order valence-electron chi connectivity index (χ0n) is 30.4. The highest BCUT2D eigenvalue weighted by molar-refractivity contribution is 5.95. The molecule has 2 saturated heterocycles. The van der Waals surface area contributed by atoms with E-state index in [4.69, 9.17) is 36.0 Å². The Kier molecular flexibility index (Phi) is 11.0. The maximum Gasteiger partial charge on any atom is 0.251 e. The van der Waals surface area contributed by atoms with Crippen LogP contribution in [0.4, 0.5) is 23.5 Å². The Hall–Kier alpha value is -6.37. The highest BCUT2D eigenvalue weighted by Crippen LogP contribution is 2.31. The van der Waals surface area contributed by atoms with Gasteiger partial charge in [0.15, 0.2) is 34.0 Å². The van der Waals surface area contributed by atoms with E-state index >= 15 is 0 Å². The Morgan fingerprint density at radius 3 is 1.76 bits per heavy atom. The second-order valence-electron chi connectivity index (χ2n) is 12.9. The number of nitrogens with one attached hydrogen (secondary N) is 1. The van der Waals surface area contributed by atoms with Crippen molar-refractivity contribution in [3.63, 3.8) is 0 Å². The van der Waals surface area contributed by atoms with E-state index in [0.29, 0.717) is 96.2 Å². The van der Waals surface area contributed by atoms with E-state index in [1.165, 1.54) is 0 Å². The van der Waals surface area contributed by atoms with Gasteiger partial charge in [0.05, 0.1) is 56.8 Å². The first-order chi connectivity index (χ1) is 26.7. The van der Waals surface area contributed by atoms with E-state index < -0.39 is 0 Å². The number of rotatable bonds is 7. The van der Waals surface area contributed by atoms with Crippen molar-refractivity contribution >= 4 is 51.8 Å². The Morgan fingerprint density at radius 1 is 0.745 bits per heavy atom. The molecular formula is C37H41N13O5. The summed E-state index contributed by atoms with van der Waals surface area (Å²) in [6.45, 7) is 9.07. The summed E-state index contributed by atoms with van der Waals surface area (Å²) in [7, 11) is 0. The zero-order valence-corrected chi connectivity index (χ0v) is 30.4. The molecule has 55 heavy (non-hydrogen) atoms. The number of nitrogens with two attached hydrogens (primary N) is 2. The average molecular weight is 748 g/mol. The molecule has 6 heterocycles. The van der Waals surface area contributed by atoms with E-state index in [-0.39, 0.29) is 31.0 Å². The van der Waals surface area contributed by atoms with Gasteiger partial charge in [0.25, 0.3) is 5.91 Å². The lowest BCUT2D eigenvalue weighted by atomic mass is 10.0. The van der Waals surface area contributed by atoms with Gasteiger partial charge in [-0.25, -0.2) is 19.9 Å². The number of carbonyl (C=O) groups excluding carboxylic acids is 1. The molecule has 0 saturated carbocycles. The van der Waals surface area contributed by atoms with Crippen molar-refractivity contribution in [2.75, 3.05) is 87.0 Å². The summed E-state index contributed by atoms with van der Waals surface area (Å²) in [4.78, 5) is 51.9. The summed E-state index contributed by atoms with van der Waals surface area (Å²) in [5.74, 6) is 1.66. The zero-order chi connectivity index (χ0) is 38.5. The van der Waals surface area contributed by atoms with Crippen molar-refractivity contribution in [3.8, 4) is 28.3 Å². The quantitative estimate of drug-likeness (QED) is 0.157. The molecule has 2 fully saturated rings. The number of ether oxygens (including phenoxy) is 2. The van der Waals surface area contributed by atoms with Crippen molar-refractivity contribution in [3.05, 3.63) is 65.5 Å². The van der Waals surface area contributed by atoms with Crippen LogP contribution < -0.4 is 26.6 Å². The van der Waals surface area contributed by atoms with Crippen LogP contribution in [0.3, 0.4) is 0 Å². The molecule has 0 spiro atoms. The molecule has 8 rings (SSSR count). The lowest BCUT2D eigenvalue weighted by molar-refractivity contribution is 0.0944. The third-order valence-electron chi connectivity index (χ3n) is 9.04. The number of nitrogens with zero attached hydrogens (tertiary/aromatic N) is 10. The highest BCUT2D eigenvalue weighted by Gasteiger charge is 2.21. The summed E-state index contributed by atoms with van der Waals surface area (Å²) in [6.07, 6.45) is 3.27. The number of aliphatic hydroxyl groups is 1. The number of phenols is 1. The minimum absolute atomic E-state index is 0.116. The summed E-state index contributed by atoms with van der Waals surface area (Å²) in [5, 5.41) is 21.5. The van der Waals surface area contributed by atoms with Crippen LogP contribution in [-0.2, 0) is 9.47 Å². The maximum absolute atomic E-state index is 12.2. The van der Waals surface area contributed by atoms with Crippen LogP contribution in [0.2, 0.25) is 0 Å². The fourth-order valence-electron chi connectivity index (χ4n) is 6.28. The van der Waals surface area contributed by atoms with Gasteiger partial charge in [0.2, 0.25) is 11.9 Å². The molecule has 0 unspecified atom stereocenters. The van der Waals surface area contributed by atoms with Gasteiger partial charge in [-0.3, -0.25) is 4.79 Å². The van der Waals surface area contributed by atoms with E-state index in [1.807, 2.05) is 32.0 Å². The third kappa shape index (κ3) is 8.25. The van der Waals surface area contributed by atoms with Crippen LogP contribution in [-0.4, -0.2) is 122 Å². The first kappa shape index (κ1) is 37.0. The molecule has 18 heteroatoms. The van der Waals surface area contributed by atoms with Crippen molar-refractivity contribution in [2.45, 2.75) is 13.8 Å². The number of anilines is 4. The van der Waals surface area contributed by atoms with Crippen LogP contribution in [0.1, 0.15) is 21.5 Å². The van der Waals surface area contributed by atoms with E-state index in [9.17, 15) is 9.90 Å². The Bertz CT molecular complexity index is 2330. The van der Waals surface area contributed by atoms with Crippen LogP contribution in [0.25, 0.3) is 44.8 Å². The maximum atomic E-state index is 12.2. The smallest absolute Gasteiger partial charge is 0.251 e. The SMILES string of the molecule is Cc1cc(-c2cnc3nc(N)nc(N4CCOCC4)c3n2)cc(C)c1O.Nc1nc(N2CCOCC2)c2nc(-c3cccc(C(=O)NCCO)c3)cnc2n1. The molecule has 2 aliphatic heterocycles. The minimum atomic E-state index is -0.264. The first-order valence-corrected chi connectivity index (χ1v) is 17.7. The van der Waals surface area contributed by atoms with Gasteiger partial charge < -0.3 is 46.3 Å². The molecule has 2 aromatic carbocycles. The molecule has 0 atom stereocenters. The third-order valence-corrected chi connectivity index (χ3v) is 9.04. The number of aromatic nitrogens is 8. The van der Waals surface area contributed by atoms with Gasteiger partial charge in [-0.1, -0.05) is 12.1 Å². The molecule has 4 aromatic heterocycles. The molecule has 2 aliphatic rings. The molecule has 284 valence electrons. The van der Waals surface area contributed by atoms with E-state index in [0.717, 1.165) is 35.3 Å². The largest absolute Gasteiger partial charge is 0.507 e. The predicted molar refractivity (Wildman–Crippen MR) is 207 cm³/mol. The monoisotopic (exact) mass is 747 g/mol. The lowest BCUT2D eigenvalue weighted by Gasteiger charge is -2.28. The molecular weight excluding hydrogens is 706 g/mol. The fourth-order valence-corrected chi connectivity index (χ4v) is 6.28. The van der Waals surface area contributed by atoms with Crippen molar-refractivity contribution in [2.24, 2.45) is 0 Å². The Balaban J connectivity index is 0.000000170. The highest BCUT2D eigenvalue weighted by atomic mass is 16.5. The second kappa shape index (κ2) is 16.3. The Labute approximate surface area is 315 Å². The number of fused-ring (bicyclic) bond motifs is 2. The molecule has 18 nitrogen and oxygen atoms in total. The fraction of sp³-hybridized carbons (Fsp3) is 0.324. The number of morpholine rings is 2. The van der Waals surface area contributed by atoms with Gasteiger partial charge in [-0.05, 0) is 49.2 Å². The number of aromatic hydroxyl groups is 1. The van der Waals surface area contributed by atoms with Crippen LogP contribution >= 0.6 is 0 Å². The lowest BCUT2D eigenvalue weighted by Crippen LogP contribution is -2.37. The normalized spacial score (nSPS) is 14.5. The minimum Gasteiger partial charge on any atom is -0.507 e. The van der Waals surface area contributed by atoms with Gasteiger partial charge in [0.1, 0.15) is 5.75 Å². The average Bonchev–Trinajstić information content (AvgIpc) is 3.21. The summed E-state index contributed by atoms with van der Waals surface area (Å²) < 4.78 is 10.8. The van der Waals surface area contributed by atoms with Crippen molar-refractivity contribution in [1.29, 1.82) is 0 Å². The molecule has 1 amide bonds. The number of benzene rings is 2. The van der Waals surface area contributed by atoms with Gasteiger partial charge in [-0.2, -0.15) is 19.9 Å². The number of phenolic OH excluding ortho intramolecular Hbond substituents is 1.